The van der Waals surface area contributed by atoms with Crippen LogP contribution in [0.25, 0.3) is 0 Å². The highest BCUT2D eigenvalue weighted by Gasteiger charge is 2.01. The number of aryl methyl sites for hydroxylation is 3. The van der Waals surface area contributed by atoms with Crippen molar-refractivity contribution >= 4 is 11.3 Å². The van der Waals surface area contributed by atoms with Gasteiger partial charge in [0, 0.05) is 9.75 Å². The number of rotatable bonds is 6. The standard InChI is InChI=1S/C12H21NS/c1-10-9-11(2)14-12(10)7-5-3-4-6-8-13/h9H,3-8,13H2,1-2H3. The fourth-order valence-electron chi connectivity index (χ4n) is 1.72. The fourth-order valence-corrected chi connectivity index (χ4v) is 2.81. The number of thiophene rings is 1. The summed E-state index contributed by atoms with van der Waals surface area (Å²) in [6, 6.07) is 2.29. The summed E-state index contributed by atoms with van der Waals surface area (Å²) in [5.74, 6) is 0. The molecule has 14 heavy (non-hydrogen) atoms. The summed E-state index contributed by atoms with van der Waals surface area (Å²) in [6.45, 7) is 5.26. The van der Waals surface area contributed by atoms with E-state index in [1.165, 1.54) is 42.5 Å². The summed E-state index contributed by atoms with van der Waals surface area (Å²) in [5, 5.41) is 0. The van der Waals surface area contributed by atoms with Gasteiger partial charge in [-0.05, 0) is 51.3 Å². The highest BCUT2D eigenvalue weighted by Crippen LogP contribution is 2.22. The third-order valence-corrected chi connectivity index (χ3v) is 3.71. The van der Waals surface area contributed by atoms with Crippen LogP contribution in [0, 0.1) is 13.8 Å². The lowest BCUT2D eigenvalue weighted by Gasteiger charge is -1.99. The molecular formula is C12H21NS. The molecule has 0 aliphatic rings. The van der Waals surface area contributed by atoms with Crippen molar-refractivity contribution in [3.05, 3.63) is 21.4 Å². The normalized spacial score (nSPS) is 10.8. The molecule has 1 rings (SSSR count). The van der Waals surface area contributed by atoms with Crippen LogP contribution in [0.5, 0.6) is 0 Å². The minimum Gasteiger partial charge on any atom is -0.330 e. The van der Waals surface area contributed by atoms with Crippen LogP contribution in [-0.4, -0.2) is 6.54 Å². The zero-order chi connectivity index (χ0) is 10.4. The van der Waals surface area contributed by atoms with Gasteiger partial charge in [0.25, 0.3) is 0 Å². The molecule has 80 valence electrons. The van der Waals surface area contributed by atoms with E-state index in [-0.39, 0.29) is 0 Å². The van der Waals surface area contributed by atoms with E-state index in [1.54, 1.807) is 4.88 Å². The largest absolute Gasteiger partial charge is 0.330 e. The maximum atomic E-state index is 5.45. The van der Waals surface area contributed by atoms with Crippen molar-refractivity contribution in [3.63, 3.8) is 0 Å². The Morgan fingerprint density at radius 3 is 2.43 bits per heavy atom. The SMILES string of the molecule is Cc1cc(C)c(CCCCCCN)s1. The molecular weight excluding hydrogens is 190 g/mol. The molecule has 0 atom stereocenters. The van der Waals surface area contributed by atoms with Crippen molar-refractivity contribution in [3.8, 4) is 0 Å². The summed E-state index contributed by atoms with van der Waals surface area (Å²) in [4.78, 5) is 3.02. The number of unbranched alkanes of at least 4 members (excludes halogenated alkanes) is 3. The van der Waals surface area contributed by atoms with E-state index in [0.717, 1.165) is 6.54 Å². The zero-order valence-electron chi connectivity index (χ0n) is 9.31. The van der Waals surface area contributed by atoms with Crippen LogP contribution in [-0.2, 0) is 6.42 Å². The first-order valence-corrected chi connectivity index (χ1v) is 6.31. The van der Waals surface area contributed by atoms with E-state index in [0.29, 0.717) is 0 Å². The average molecular weight is 211 g/mol. The Morgan fingerprint density at radius 1 is 1.14 bits per heavy atom. The van der Waals surface area contributed by atoms with Gasteiger partial charge in [0.1, 0.15) is 0 Å². The van der Waals surface area contributed by atoms with Gasteiger partial charge >= 0.3 is 0 Å². The van der Waals surface area contributed by atoms with Crippen LogP contribution in [0.1, 0.15) is 41.0 Å². The molecule has 1 heterocycles. The van der Waals surface area contributed by atoms with Gasteiger partial charge in [-0.25, -0.2) is 0 Å². The number of hydrogen-bond donors (Lipinski definition) is 1. The monoisotopic (exact) mass is 211 g/mol. The molecule has 1 aromatic heterocycles. The lowest BCUT2D eigenvalue weighted by molar-refractivity contribution is 0.648. The minimum absolute atomic E-state index is 0.844. The molecule has 1 nitrogen and oxygen atoms in total. The predicted molar refractivity (Wildman–Crippen MR) is 65.0 cm³/mol. The molecule has 0 saturated heterocycles. The molecule has 0 bridgehead atoms. The summed E-state index contributed by atoms with van der Waals surface area (Å²) in [6.07, 6.45) is 6.38. The van der Waals surface area contributed by atoms with Crippen molar-refractivity contribution in [1.29, 1.82) is 0 Å². The van der Waals surface area contributed by atoms with Gasteiger partial charge in [-0.3, -0.25) is 0 Å². The number of nitrogens with two attached hydrogens (primary N) is 1. The first kappa shape index (κ1) is 11.7. The second kappa shape index (κ2) is 6.20. The number of hydrogen-bond acceptors (Lipinski definition) is 2. The summed E-state index contributed by atoms with van der Waals surface area (Å²) in [5.41, 5.74) is 6.93. The van der Waals surface area contributed by atoms with Gasteiger partial charge < -0.3 is 5.73 Å². The Kier molecular flexibility index (Phi) is 5.20. The van der Waals surface area contributed by atoms with E-state index in [2.05, 4.69) is 19.9 Å². The van der Waals surface area contributed by atoms with E-state index >= 15 is 0 Å². The first-order valence-electron chi connectivity index (χ1n) is 5.50. The van der Waals surface area contributed by atoms with Gasteiger partial charge in [-0.15, -0.1) is 11.3 Å². The van der Waals surface area contributed by atoms with Gasteiger partial charge in [-0.2, -0.15) is 0 Å². The molecule has 2 N–H and O–H groups in total. The Balaban J connectivity index is 2.21. The minimum atomic E-state index is 0.844. The summed E-state index contributed by atoms with van der Waals surface area (Å²) >= 11 is 1.95. The molecule has 0 amide bonds. The maximum Gasteiger partial charge on any atom is 0.00772 e. The second-order valence-corrected chi connectivity index (χ2v) is 5.26. The van der Waals surface area contributed by atoms with Crippen molar-refractivity contribution < 1.29 is 0 Å². The van der Waals surface area contributed by atoms with Crippen molar-refractivity contribution in [2.75, 3.05) is 6.54 Å². The molecule has 0 spiro atoms. The molecule has 0 unspecified atom stereocenters. The van der Waals surface area contributed by atoms with Crippen molar-refractivity contribution in [2.45, 2.75) is 46.0 Å². The van der Waals surface area contributed by atoms with Crippen LogP contribution in [0.3, 0.4) is 0 Å². The first-order chi connectivity index (χ1) is 6.74. The lowest BCUT2D eigenvalue weighted by Crippen LogP contribution is -1.97. The Morgan fingerprint density at radius 2 is 1.86 bits per heavy atom. The highest BCUT2D eigenvalue weighted by molar-refractivity contribution is 7.12. The molecule has 2 heteroatoms. The quantitative estimate of drug-likeness (QED) is 0.717. The smallest absolute Gasteiger partial charge is 0.00772 e. The van der Waals surface area contributed by atoms with Gasteiger partial charge in [0.2, 0.25) is 0 Å². The molecule has 0 saturated carbocycles. The lowest BCUT2D eigenvalue weighted by atomic mass is 10.1. The van der Waals surface area contributed by atoms with E-state index in [9.17, 15) is 0 Å². The van der Waals surface area contributed by atoms with Gasteiger partial charge in [0.15, 0.2) is 0 Å². The molecule has 0 aromatic carbocycles. The molecule has 0 fully saturated rings. The van der Waals surface area contributed by atoms with E-state index in [4.69, 9.17) is 5.73 Å². The van der Waals surface area contributed by atoms with Crippen LogP contribution in [0.4, 0.5) is 0 Å². The maximum absolute atomic E-state index is 5.45. The van der Waals surface area contributed by atoms with Crippen molar-refractivity contribution in [2.24, 2.45) is 5.73 Å². The third kappa shape index (κ3) is 3.81. The molecule has 1 aromatic rings. The Labute approximate surface area is 91.3 Å². The van der Waals surface area contributed by atoms with Crippen LogP contribution in [0.15, 0.2) is 6.07 Å². The van der Waals surface area contributed by atoms with Crippen molar-refractivity contribution in [1.82, 2.24) is 0 Å². The zero-order valence-corrected chi connectivity index (χ0v) is 10.1. The second-order valence-electron chi connectivity index (χ2n) is 3.92. The van der Waals surface area contributed by atoms with Gasteiger partial charge in [0.05, 0.1) is 0 Å². The fraction of sp³-hybridized carbons (Fsp3) is 0.667. The molecule has 0 aliphatic heterocycles. The third-order valence-electron chi connectivity index (χ3n) is 2.50. The molecule has 0 radical (unpaired) electrons. The van der Waals surface area contributed by atoms with E-state index < -0.39 is 0 Å². The average Bonchev–Trinajstić information content (AvgIpc) is 2.45. The van der Waals surface area contributed by atoms with Crippen LogP contribution in [0.2, 0.25) is 0 Å². The van der Waals surface area contributed by atoms with Crippen LogP contribution >= 0.6 is 11.3 Å². The summed E-state index contributed by atoms with van der Waals surface area (Å²) < 4.78 is 0. The highest BCUT2D eigenvalue weighted by atomic mass is 32.1. The Hall–Kier alpha value is -0.340. The predicted octanol–water partition coefficient (Wildman–Crippen LogP) is 3.43. The Bertz CT molecular complexity index is 265. The van der Waals surface area contributed by atoms with Crippen LogP contribution < -0.4 is 5.73 Å². The summed E-state index contributed by atoms with van der Waals surface area (Å²) in [7, 11) is 0. The topological polar surface area (TPSA) is 26.0 Å². The molecule has 0 aliphatic carbocycles. The van der Waals surface area contributed by atoms with E-state index in [1.807, 2.05) is 11.3 Å². The van der Waals surface area contributed by atoms with Gasteiger partial charge in [-0.1, -0.05) is 12.8 Å².